The highest BCUT2D eigenvalue weighted by Crippen LogP contribution is 2.39. The molecule has 2 aliphatic rings. The monoisotopic (exact) mass is 480 g/mol. The fraction of sp³-hybridized carbons (Fsp3) is 0.444. The maximum Gasteiger partial charge on any atom is 0.335 e. The summed E-state index contributed by atoms with van der Waals surface area (Å²) in [6.07, 6.45) is -0.855. The molecule has 8 heteroatoms. The molecule has 0 aromatic heterocycles. The summed E-state index contributed by atoms with van der Waals surface area (Å²) in [6.45, 7) is 2.14. The molecule has 8 nitrogen and oxygen atoms in total. The lowest BCUT2D eigenvalue weighted by molar-refractivity contribution is -0.145. The van der Waals surface area contributed by atoms with E-state index >= 15 is 0 Å². The number of fused-ring (bicyclic) bond motifs is 1. The van der Waals surface area contributed by atoms with Crippen LogP contribution in [0, 0.1) is 0 Å². The van der Waals surface area contributed by atoms with Gasteiger partial charge in [-0.25, -0.2) is 4.79 Å². The average Bonchev–Trinajstić information content (AvgIpc) is 3.00. The maximum atomic E-state index is 13.6. The Morgan fingerprint density at radius 1 is 1.03 bits per heavy atom. The first kappa shape index (κ1) is 24.9. The molecule has 2 saturated heterocycles. The molecule has 0 saturated carbocycles. The second kappa shape index (κ2) is 10.2. The minimum absolute atomic E-state index is 0.0499. The number of carboxylic acid groups (broad SMARTS) is 1. The van der Waals surface area contributed by atoms with Gasteiger partial charge >= 0.3 is 5.97 Å². The number of nitrogens with zero attached hydrogens (tertiary/aromatic N) is 2. The van der Waals surface area contributed by atoms with Crippen molar-refractivity contribution in [2.75, 3.05) is 6.54 Å². The van der Waals surface area contributed by atoms with Crippen molar-refractivity contribution in [2.45, 2.75) is 69.4 Å². The zero-order valence-electron chi connectivity index (χ0n) is 19.8. The molecule has 2 aromatic rings. The van der Waals surface area contributed by atoms with Crippen LogP contribution in [0.15, 0.2) is 54.6 Å². The molecule has 2 amide bonds. The largest absolute Gasteiger partial charge is 0.478 e. The van der Waals surface area contributed by atoms with E-state index in [0.717, 1.165) is 5.56 Å². The summed E-state index contributed by atoms with van der Waals surface area (Å²) in [7, 11) is 0. The molecule has 2 aliphatic heterocycles. The molecule has 2 fully saturated rings. The fourth-order valence-corrected chi connectivity index (χ4v) is 5.56. The summed E-state index contributed by atoms with van der Waals surface area (Å²) >= 11 is 0. The van der Waals surface area contributed by atoms with Crippen LogP contribution in [0.5, 0.6) is 0 Å². The number of hydrogen-bond donors (Lipinski definition) is 3. The van der Waals surface area contributed by atoms with E-state index in [1.807, 2.05) is 37.3 Å². The fourth-order valence-electron chi connectivity index (χ4n) is 5.56. The second-order valence-corrected chi connectivity index (χ2v) is 9.75. The number of aromatic carboxylic acids is 1. The molecule has 2 aromatic carbocycles. The first-order valence-electron chi connectivity index (χ1n) is 12.0. The Balaban J connectivity index is 1.71. The molecule has 4 rings (SSSR count). The van der Waals surface area contributed by atoms with Crippen LogP contribution in [-0.4, -0.2) is 73.2 Å². The number of β-amino-alcohol motifs (C(OH)–C–C–N with tert-alkyl or cyclic N) is 1. The van der Waals surface area contributed by atoms with Gasteiger partial charge in [-0.1, -0.05) is 48.5 Å². The van der Waals surface area contributed by atoms with Crippen LogP contribution in [0.3, 0.4) is 0 Å². The van der Waals surface area contributed by atoms with Crippen molar-refractivity contribution >= 4 is 17.8 Å². The maximum absolute atomic E-state index is 13.6. The average molecular weight is 481 g/mol. The summed E-state index contributed by atoms with van der Waals surface area (Å²) < 4.78 is 0. The molecule has 0 unspecified atom stereocenters. The van der Waals surface area contributed by atoms with Crippen LogP contribution in [0.1, 0.15) is 54.1 Å². The van der Waals surface area contributed by atoms with Crippen LogP contribution in [0.2, 0.25) is 0 Å². The number of rotatable bonds is 5. The van der Waals surface area contributed by atoms with Crippen molar-refractivity contribution < 1.29 is 29.7 Å². The minimum atomic E-state index is -1.17. The third-order valence-corrected chi connectivity index (χ3v) is 7.42. The highest BCUT2D eigenvalue weighted by Gasteiger charge is 2.51. The van der Waals surface area contributed by atoms with Gasteiger partial charge in [-0.3, -0.25) is 9.59 Å². The number of aliphatic hydroxyl groups excluding tert-OH is 2. The summed E-state index contributed by atoms with van der Waals surface area (Å²) in [6, 6.07) is 15.5. The number of carbonyl (C=O) groups excluding carboxylic acids is 2. The smallest absolute Gasteiger partial charge is 0.335 e. The van der Waals surface area contributed by atoms with Crippen LogP contribution in [0.4, 0.5) is 0 Å². The summed E-state index contributed by atoms with van der Waals surface area (Å²) in [5.74, 6) is -1.50. The molecule has 4 atom stereocenters. The van der Waals surface area contributed by atoms with Crippen molar-refractivity contribution in [3.8, 4) is 0 Å². The first-order valence-corrected chi connectivity index (χ1v) is 12.0. The van der Waals surface area contributed by atoms with Gasteiger partial charge in [-0.2, -0.15) is 0 Å². The van der Waals surface area contributed by atoms with E-state index < -0.39 is 29.8 Å². The molecule has 35 heavy (non-hydrogen) atoms. The third kappa shape index (κ3) is 5.09. The van der Waals surface area contributed by atoms with E-state index in [1.54, 1.807) is 28.0 Å². The number of amides is 2. The molecule has 0 radical (unpaired) electrons. The number of aliphatic hydroxyl groups is 2. The Morgan fingerprint density at radius 3 is 2.43 bits per heavy atom. The normalized spacial score (nSPS) is 27.1. The first-order chi connectivity index (χ1) is 16.7. The highest BCUT2D eigenvalue weighted by atomic mass is 16.4. The standard InChI is InChI=1S/C27H32N2O6/c1-27-15-21(30)22(31)17-28(25(33)14-19-10-5-6-11-20(19)26(34)35)23(27)12-7-13-24(32)29(27)16-18-8-3-2-4-9-18/h2-6,8-11,21-23,30-31H,7,12-17H2,1H3,(H,34,35)/t21-,22+,23-,27+/m1/s1. The molecule has 0 bridgehead atoms. The van der Waals surface area contributed by atoms with Gasteiger partial charge in [0.15, 0.2) is 0 Å². The minimum Gasteiger partial charge on any atom is -0.478 e. The van der Waals surface area contributed by atoms with Gasteiger partial charge in [0.05, 0.1) is 35.8 Å². The van der Waals surface area contributed by atoms with Gasteiger partial charge in [-0.15, -0.1) is 0 Å². The van der Waals surface area contributed by atoms with Gasteiger partial charge in [-0.05, 0) is 37.0 Å². The predicted molar refractivity (Wildman–Crippen MR) is 128 cm³/mol. The molecule has 0 spiro atoms. The van der Waals surface area contributed by atoms with Gasteiger partial charge in [0.2, 0.25) is 11.8 Å². The molecule has 0 aliphatic carbocycles. The molecular formula is C27H32N2O6. The van der Waals surface area contributed by atoms with Crippen LogP contribution < -0.4 is 0 Å². The Labute approximate surface area is 204 Å². The number of carbonyl (C=O) groups is 3. The Bertz CT molecular complexity index is 1090. The van der Waals surface area contributed by atoms with E-state index in [9.17, 15) is 29.7 Å². The lowest BCUT2D eigenvalue weighted by Crippen LogP contribution is -2.61. The Hall–Kier alpha value is -3.23. The van der Waals surface area contributed by atoms with Crippen molar-refractivity contribution in [1.29, 1.82) is 0 Å². The summed E-state index contributed by atoms with van der Waals surface area (Å²) in [5, 5.41) is 31.1. The summed E-state index contributed by atoms with van der Waals surface area (Å²) in [5.41, 5.74) is 0.468. The second-order valence-electron chi connectivity index (χ2n) is 9.75. The topological polar surface area (TPSA) is 118 Å². The van der Waals surface area contributed by atoms with E-state index in [2.05, 4.69) is 0 Å². The van der Waals surface area contributed by atoms with E-state index in [-0.39, 0.29) is 36.8 Å². The Morgan fingerprint density at radius 2 is 1.71 bits per heavy atom. The third-order valence-electron chi connectivity index (χ3n) is 7.42. The molecule has 3 N–H and O–H groups in total. The molecule has 2 heterocycles. The quantitative estimate of drug-likeness (QED) is 0.604. The zero-order valence-corrected chi connectivity index (χ0v) is 19.8. The lowest BCUT2D eigenvalue weighted by atomic mass is 9.82. The number of likely N-dealkylation sites (tertiary alicyclic amines) is 2. The van der Waals surface area contributed by atoms with Gasteiger partial charge in [0, 0.05) is 25.9 Å². The van der Waals surface area contributed by atoms with Crippen molar-refractivity contribution in [3.05, 3.63) is 71.3 Å². The van der Waals surface area contributed by atoms with Crippen LogP contribution >= 0.6 is 0 Å². The molecular weight excluding hydrogens is 448 g/mol. The zero-order chi connectivity index (χ0) is 25.2. The molecule has 186 valence electrons. The Kier molecular flexibility index (Phi) is 7.23. The van der Waals surface area contributed by atoms with Gasteiger partial charge < -0.3 is 25.1 Å². The number of benzene rings is 2. The lowest BCUT2D eigenvalue weighted by Gasteiger charge is -2.48. The predicted octanol–water partition coefficient (Wildman–Crippen LogP) is 2.22. The van der Waals surface area contributed by atoms with Crippen LogP contribution in [0.25, 0.3) is 0 Å². The highest BCUT2D eigenvalue weighted by molar-refractivity contribution is 5.91. The van der Waals surface area contributed by atoms with Crippen molar-refractivity contribution in [2.24, 2.45) is 0 Å². The van der Waals surface area contributed by atoms with Crippen LogP contribution in [-0.2, 0) is 22.6 Å². The van der Waals surface area contributed by atoms with E-state index in [0.29, 0.717) is 31.4 Å². The van der Waals surface area contributed by atoms with Crippen molar-refractivity contribution in [3.63, 3.8) is 0 Å². The van der Waals surface area contributed by atoms with E-state index in [1.165, 1.54) is 6.07 Å². The SMILES string of the molecule is C[C@]12C[C@@H](O)[C@@H](O)CN(C(=O)Cc3ccccc3C(=O)O)[C@@H]1CCCC(=O)N2Cc1ccccc1. The van der Waals surface area contributed by atoms with Gasteiger partial charge in [0.1, 0.15) is 0 Å². The van der Waals surface area contributed by atoms with Gasteiger partial charge in [0.25, 0.3) is 0 Å². The number of carboxylic acids is 1. The van der Waals surface area contributed by atoms with E-state index in [4.69, 9.17) is 0 Å². The summed E-state index contributed by atoms with van der Waals surface area (Å²) in [4.78, 5) is 41.9. The number of hydrogen-bond acceptors (Lipinski definition) is 5. The van der Waals surface area contributed by atoms with Crippen molar-refractivity contribution in [1.82, 2.24) is 9.80 Å².